The summed E-state index contributed by atoms with van der Waals surface area (Å²) in [5, 5.41) is 15.7. The van der Waals surface area contributed by atoms with Gasteiger partial charge in [0.15, 0.2) is 0 Å². The van der Waals surface area contributed by atoms with E-state index in [0.29, 0.717) is 0 Å². The minimum Gasteiger partial charge on any atom is -0.490 e. The number of fused-ring (bicyclic) bond motifs is 1. The standard InChI is InChI=1S/C16H19NO3/c1-12(2)17-20-11-14(18)10-19-16-9-5-7-13-6-3-4-8-15(13)16/h3-9,14,18H,10-11H2,1-2H3/t14-/m0/s1. The SMILES string of the molecule is CC(C)=NOC[C@@H](O)COc1cccc2ccccc12. The van der Waals surface area contributed by atoms with Crippen LogP contribution in [0, 0.1) is 0 Å². The molecule has 0 saturated carbocycles. The van der Waals surface area contributed by atoms with Crippen LogP contribution in [0.1, 0.15) is 13.8 Å². The Bertz CT molecular complexity index is 586. The first kappa shape index (κ1) is 14.3. The van der Waals surface area contributed by atoms with E-state index in [1.807, 2.05) is 56.3 Å². The topological polar surface area (TPSA) is 51.0 Å². The van der Waals surface area contributed by atoms with Gasteiger partial charge in [-0.1, -0.05) is 41.6 Å². The van der Waals surface area contributed by atoms with Crippen LogP contribution >= 0.6 is 0 Å². The van der Waals surface area contributed by atoms with Crippen LogP contribution < -0.4 is 4.74 Å². The Hall–Kier alpha value is -2.07. The zero-order chi connectivity index (χ0) is 14.4. The second kappa shape index (κ2) is 6.91. The Morgan fingerprint density at radius 3 is 2.65 bits per heavy atom. The summed E-state index contributed by atoms with van der Waals surface area (Å²) < 4.78 is 5.66. The van der Waals surface area contributed by atoms with Gasteiger partial charge in [0.05, 0.1) is 5.71 Å². The van der Waals surface area contributed by atoms with Gasteiger partial charge in [-0.3, -0.25) is 0 Å². The Balaban J connectivity index is 1.94. The van der Waals surface area contributed by atoms with E-state index in [0.717, 1.165) is 22.2 Å². The fourth-order valence-corrected chi connectivity index (χ4v) is 1.81. The summed E-state index contributed by atoms with van der Waals surface area (Å²) in [5.41, 5.74) is 0.812. The second-order valence-electron chi connectivity index (χ2n) is 4.78. The van der Waals surface area contributed by atoms with Crippen LogP contribution in [0.4, 0.5) is 0 Å². The Kier molecular flexibility index (Phi) is 4.96. The minimum absolute atomic E-state index is 0.121. The van der Waals surface area contributed by atoms with Gasteiger partial charge in [-0.05, 0) is 25.3 Å². The molecule has 1 atom stereocenters. The first-order valence-electron chi connectivity index (χ1n) is 6.58. The van der Waals surface area contributed by atoms with E-state index in [-0.39, 0.29) is 13.2 Å². The maximum absolute atomic E-state index is 9.78. The Morgan fingerprint density at radius 1 is 1.10 bits per heavy atom. The largest absolute Gasteiger partial charge is 0.490 e. The number of nitrogens with zero attached hydrogens (tertiary/aromatic N) is 1. The van der Waals surface area contributed by atoms with E-state index >= 15 is 0 Å². The molecule has 0 radical (unpaired) electrons. The number of benzene rings is 2. The molecule has 20 heavy (non-hydrogen) atoms. The lowest BCUT2D eigenvalue weighted by atomic mass is 10.1. The normalized spacial score (nSPS) is 11.9. The van der Waals surface area contributed by atoms with Crippen LogP contribution in [0.3, 0.4) is 0 Å². The van der Waals surface area contributed by atoms with E-state index in [2.05, 4.69) is 5.16 Å². The first-order valence-corrected chi connectivity index (χ1v) is 6.58. The van der Waals surface area contributed by atoms with Gasteiger partial charge in [0.2, 0.25) is 0 Å². The molecule has 2 aromatic rings. The molecule has 4 nitrogen and oxygen atoms in total. The molecule has 2 aromatic carbocycles. The zero-order valence-electron chi connectivity index (χ0n) is 11.7. The number of hydrogen-bond donors (Lipinski definition) is 1. The van der Waals surface area contributed by atoms with Gasteiger partial charge in [0.1, 0.15) is 25.1 Å². The highest BCUT2D eigenvalue weighted by Crippen LogP contribution is 2.25. The summed E-state index contributed by atoms with van der Waals surface area (Å²) in [6.45, 7) is 3.96. The number of aliphatic hydroxyl groups is 1. The highest BCUT2D eigenvalue weighted by atomic mass is 16.6. The summed E-state index contributed by atoms with van der Waals surface area (Å²) in [4.78, 5) is 4.99. The molecule has 0 heterocycles. The first-order chi connectivity index (χ1) is 9.66. The van der Waals surface area contributed by atoms with Crippen molar-refractivity contribution in [1.29, 1.82) is 0 Å². The zero-order valence-corrected chi connectivity index (χ0v) is 11.7. The molecule has 0 saturated heterocycles. The Morgan fingerprint density at radius 2 is 1.85 bits per heavy atom. The van der Waals surface area contributed by atoms with Crippen molar-refractivity contribution in [2.75, 3.05) is 13.2 Å². The number of ether oxygens (including phenoxy) is 1. The van der Waals surface area contributed by atoms with Crippen molar-refractivity contribution in [2.45, 2.75) is 20.0 Å². The van der Waals surface area contributed by atoms with E-state index in [9.17, 15) is 5.11 Å². The highest BCUT2D eigenvalue weighted by molar-refractivity contribution is 5.88. The van der Waals surface area contributed by atoms with Crippen molar-refractivity contribution >= 4 is 16.5 Å². The lowest BCUT2D eigenvalue weighted by Crippen LogP contribution is -2.22. The number of aliphatic hydroxyl groups excluding tert-OH is 1. The summed E-state index contributed by atoms with van der Waals surface area (Å²) in [6, 6.07) is 13.8. The van der Waals surface area contributed by atoms with Gasteiger partial charge in [-0.25, -0.2) is 0 Å². The molecule has 0 aromatic heterocycles. The molecular formula is C16H19NO3. The lowest BCUT2D eigenvalue weighted by Gasteiger charge is -2.13. The number of hydrogen-bond acceptors (Lipinski definition) is 4. The van der Waals surface area contributed by atoms with Crippen molar-refractivity contribution in [3.8, 4) is 5.75 Å². The molecule has 4 heteroatoms. The fourth-order valence-electron chi connectivity index (χ4n) is 1.81. The van der Waals surface area contributed by atoms with Crippen LogP contribution in [0.5, 0.6) is 5.75 Å². The maximum Gasteiger partial charge on any atom is 0.146 e. The molecule has 0 aliphatic rings. The predicted octanol–water partition coefficient (Wildman–Crippen LogP) is 2.99. The third kappa shape index (κ3) is 3.96. The van der Waals surface area contributed by atoms with E-state index in [4.69, 9.17) is 9.57 Å². The average Bonchev–Trinajstić information content (AvgIpc) is 2.44. The average molecular weight is 273 g/mol. The quantitative estimate of drug-likeness (QED) is 0.650. The number of oxime groups is 1. The molecule has 0 amide bonds. The van der Waals surface area contributed by atoms with Gasteiger partial charge in [-0.2, -0.15) is 0 Å². The van der Waals surface area contributed by atoms with E-state index < -0.39 is 6.10 Å². The molecule has 0 aliphatic heterocycles. The van der Waals surface area contributed by atoms with Crippen LogP contribution in [-0.2, 0) is 4.84 Å². The molecule has 106 valence electrons. The summed E-state index contributed by atoms with van der Waals surface area (Å²) >= 11 is 0. The summed E-state index contributed by atoms with van der Waals surface area (Å²) in [5.74, 6) is 0.761. The lowest BCUT2D eigenvalue weighted by molar-refractivity contribution is 0.0145. The van der Waals surface area contributed by atoms with Gasteiger partial charge >= 0.3 is 0 Å². The van der Waals surface area contributed by atoms with Crippen LogP contribution in [0.15, 0.2) is 47.6 Å². The minimum atomic E-state index is -0.711. The molecule has 0 unspecified atom stereocenters. The molecule has 0 fully saturated rings. The molecule has 0 aliphatic carbocycles. The molecule has 2 rings (SSSR count). The van der Waals surface area contributed by atoms with Crippen LogP contribution in [0.25, 0.3) is 10.8 Å². The highest BCUT2D eigenvalue weighted by Gasteiger charge is 2.07. The van der Waals surface area contributed by atoms with Gasteiger partial charge in [0, 0.05) is 5.39 Å². The fraction of sp³-hybridized carbons (Fsp3) is 0.312. The Labute approximate surface area is 118 Å². The third-order valence-corrected chi connectivity index (χ3v) is 2.69. The van der Waals surface area contributed by atoms with Gasteiger partial charge < -0.3 is 14.7 Å². The van der Waals surface area contributed by atoms with Crippen molar-refractivity contribution in [3.63, 3.8) is 0 Å². The van der Waals surface area contributed by atoms with Crippen molar-refractivity contribution in [2.24, 2.45) is 5.16 Å². The van der Waals surface area contributed by atoms with Gasteiger partial charge in [-0.15, -0.1) is 0 Å². The second-order valence-corrected chi connectivity index (χ2v) is 4.78. The monoisotopic (exact) mass is 273 g/mol. The van der Waals surface area contributed by atoms with Crippen LogP contribution in [-0.4, -0.2) is 30.1 Å². The number of rotatable bonds is 6. The molecule has 0 bridgehead atoms. The van der Waals surface area contributed by atoms with Crippen molar-refractivity contribution < 1.29 is 14.7 Å². The predicted molar refractivity (Wildman–Crippen MR) is 80.2 cm³/mol. The summed E-state index contributed by atoms with van der Waals surface area (Å²) in [7, 11) is 0. The van der Waals surface area contributed by atoms with E-state index in [1.165, 1.54) is 0 Å². The van der Waals surface area contributed by atoms with Crippen LogP contribution in [0.2, 0.25) is 0 Å². The maximum atomic E-state index is 9.78. The van der Waals surface area contributed by atoms with E-state index in [1.54, 1.807) is 0 Å². The molecular weight excluding hydrogens is 254 g/mol. The van der Waals surface area contributed by atoms with Gasteiger partial charge in [0.25, 0.3) is 0 Å². The third-order valence-electron chi connectivity index (χ3n) is 2.69. The summed E-state index contributed by atoms with van der Waals surface area (Å²) in [6.07, 6.45) is -0.711. The van der Waals surface area contributed by atoms with Crippen molar-refractivity contribution in [3.05, 3.63) is 42.5 Å². The molecule has 0 spiro atoms. The smallest absolute Gasteiger partial charge is 0.146 e. The molecule has 1 N–H and O–H groups in total. The van der Waals surface area contributed by atoms with Crippen molar-refractivity contribution in [1.82, 2.24) is 0 Å².